The molecule has 1 aromatic heterocycles. The van der Waals surface area contributed by atoms with Gasteiger partial charge in [-0.3, -0.25) is 0 Å². The van der Waals surface area contributed by atoms with Crippen molar-refractivity contribution >= 4 is 17.3 Å². The quantitative estimate of drug-likeness (QED) is 0.879. The number of halogens is 1. The number of nitrogens with zero attached hydrogens (tertiary/aromatic N) is 4. The van der Waals surface area contributed by atoms with E-state index in [0.717, 1.165) is 30.7 Å². The first-order valence-electron chi connectivity index (χ1n) is 6.55. The average Bonchev–Trinajstić information content (AvgIpc) is 3.09. The highest BCUT2D eigenvalue weighted by molar-refractivity contribution is 6.33. The molecule has 1 aromatic carbocycles. The van der Waals surface area contributed by atoms with Crippen LogP contribution in [-0.4, -0.2) is 33.4 Å². The van der Waals surface area contributed by atoms with Crippen molar-refractivity contribution in [2.24, 2.45) is 0 Å². The molecule has 0 aliphatic heterocycles. The van der Waals surface area contributed by atoms with Crippen LogP contribution >= 0.6 is 11.6 Å². The highest BCUT2D eigenvalue weighted by Gasteiger charge is 2.28. The van der Waals surface area contributed by atoms with E-state index >= 15 is 0 Å². The van der Waals surface area contributed by atoms with E-state index in [2.05, 4.69) is 15.5 Å². The number of ether oxygens (including phenoxy) is 1. The van der Waals surface area contributed by atoms with Crippen LogP contribution < -0.4 is 5.73 Å². The fraction of sp³-hybridized carbons (Fsp3) is 0.462. The van der Waals surface area contributed by atoms with Crippen molar-refractivity contribution in [2.75, 3.05) is 12.8 Å². The predicted octanol–water partition coefficient (Wildman–Crippen LogP) is 2.32. The highest BCUT2D eigenvalue weighted by Crippen LogP contribution is 2.34. The van der Waals surface area contributed by atoms with Gasteiger partial charge in [-0.05, 0) is 47.9 Å². The lowest BCUT2D eigenvalue weighted by Crippen LogP contribution is -2.11. The van der Waals surface area contributed by atoms with Gasteiger partial charge in [-0.25, -0.2) is 4.68 Å². The molecule has 1 heterocycles. The van der Waals surface area contributed by atoms with Crippen molar-refractivity contribution < 1.29 is 4.74 Å². The molecule has 1 aliphatic rings. The molecule has 0 saturated heterocycles. The molecule has 1 aliphatic carbocycles. The van der Waals surface area contributed by atoms with Gasteiger partial charge in [0.2, 0.25) is 0 Å². The Kier molecular flexibility index (Phi) is 3.58. The van der Waals surface area contributed by atoms with Gasteiger partial charge < -0.3 is 10.5 Å². The van der Waals surface area contributed by atoms with Gasteiger partial charge in [0.1, 0.15) is 0 Å². The zero-order chi connectivity index (χ0) is 14.1. The normalized spacial score (nSPS) is 22.3. The summed E-state index contributed by atoms with van der Waals surface area (Å²) in [6, 6.07) is 5.70. The molecule has 3 rings (SSSR count). The molecular formula is C13H16ClN5O. The second-order valence-electron chi connectivity index (χ2n) is 5.01. The van der Waals surface area contributed by atoms with Crippen molar-refractivity contribution in [1.82, 2.24) is 20.2 Å². The molecule has 0 bridgehead atoms. The van der Waals surface area contributed by atoms with E-state index < -0.39 is 0 Å². The second kappa shape index (κ2) is 5.38. The molecular weight excluding hydrogens is 278 g/mol. The van der Waals surface area contributed by atoms with E-state index in [9.17, 15) is 0 Å². The number of hydrogen-bond acceptors (Lipinski definition) is 5. The van der Waals surface area contributed by atoms with Gasteiger partial charge in [-0.2, -0.15) is 0 Å². The van der Waals surface area contributed by atoms with Crippen LogP contribution in [0.25, 0.3) is 11.4 Å². The number of rotatable bonds is 3. The topological polar surface area (TPSA) is 78.8 Å². The molecule has 2 atom stereocenters. The van der Waals surface area contributed by atoms with Crippen LogP contribution in [0.2, 0.25) is 5.02 Å². The van der Waals surface area contributed by atoms with Gasteiger partial charge in [0.05, 0.1) is 22.9 Å². The van der Waals surface area contributed by atoms with Gasteiger partial charge in [-0.1, -0.05) is 11.6 Å². The van der Waals surface area contributed by atoms with Gasteiger partial charge in [0, 0.05) is 12.7 Å². The van der Waals surface area contributed by atoms with E-state index in [4.69, 9.17) is 22.1 Å². The summed E-state index contributed by atoms with van der Waals surface area (Å²) in [7, 11) is 1.74. The van der Waals surface area contributed by atoms with Crippen LogP contribution in [0.4, 0.5) is 5.69 Å². The summed E-state index contributed by atoms with van der Waals surface area (Å²) in [6.45, 7) is 0. The lowest BCUT2D eigenvalue weighted by atomic mass is 10.1. The third-order valence-corrected chi connectivity index (χ3v) is 4.13. The Bertz CT molecular complexity index is 615. The predicted molar refractivity (Wildman–Crippen MR) is 76.4 cm³/mol. The van der Waals surface area contributed by atoms with Crippen LogP contribution in [-0.2, 0) is 4.74 Å². The molecule has 6 nitrogen and oxygen atoms in total. The van der Waals surface area contributed by atoms with E-state index in [-0.39, 0.29) is 12.1 Å². The molecule has 2 unspecified atom stereocenters. The second-order valence-corrected chi connectivity index (χ2v) is 5.42. The monoisotopic (exact) mass is 293 g/mol. The Morgan fingerprint density at radius 3 is 2.95 bits per heavy atom. The summed E-state index contributed by atoms with van der Waals surface area (Å²) in [5.41, 5.74) is 7.24. The van der Waals surface area contributed by atoms with Crippen molar-refractivity contribution in [3.05, 3.63) is 23.2 Å². The highest BCUT2D eigenvalue weighted by atomic mass is 35.5. The van der Waals surface area contributed by atoms with Crippen LogP contribution in [0.1, 0.15) is 25.3 Å². The van der Waals surface area contributed by atoms with Crippen molar-refractivity contribution in [2.45, 2.75) is 31.4 Å². The van der Waals surface area contributed by atoms with E-state index in [1.165, 1.54) is 0 Å². The Labute approximate surface area is 121 Å². The minimum Gasteiger partial charge on any atom is -0.398 e. The molecule has 0 amide bonds. The van der Waals surface area contributed by atoms with Crippen molar-refractivity contribution in [3.8, 4) is 11.4 Å². The van der Waals surface area contributed by atoms with Gasteiger partial charge >= 0.3 is 0 Å². The maximum atomic E-state index is 5.95. The van der Waals surface area contributed by atoms with Crippen LogP contribution in [0.15, 0.2) is 18.2 Å². The number of aromatic nitrogens is 4. The fourth-order valence-electron chi connectivity index (χ4n) is 2.67. The maximum absolute atomic E-state index is 5.95. The number of benzene rings is 1. The molecule has 2 aromatic rings. The lowest BCUT2D eigenvalue weighted by molar-refractivity contribution is 0.105. The van der Waals surface area contributed by atoms with Crippen molar-refractivity contribution in [3.63, 3.8) is 0 Å². The number of anilines is 1. The minimum atomic E-state index is 0.266. The van der Waals surface area contributed by atoms with E-state index in [1.807, 2.05) is 10.7 Å². The van der Waals surface area contributed by atoms with Crippen LogP contribution in [0.3, 0.4) is 0 Å². The first-order chi connectivity index (χ1) is 9.69. The van der Waals surface area contributed by atoms with Gasteiger partial charge in [-0.15, -0.1) is 5.10 Å². The molecule has 20 heavy (non-hydrogen) atoms. The Morgan fingerprint density at radius 1 is 1.40 bits per heavy atom. The summed E-state index contributed by atoms with van der Waals surface area (Å²) < 4.78 is 7.26. The minimum absolute atomic E-state index is 0.266. The maximum Gasteiger partial charge on any atom is 0.182 e. The number of tetrazole rings is 1. The summed E-state index contributed by atoms with van der Waals surface area (Å²) in [6.07, 6.45) is 3.26. The van der Waals surface area contributed by atoms with Crippen LogP contribution in [0.5, 0.6) is 0 Å². The summed E-state index contributed by atoms with van der Waals surface area (Å²) >= 11 is 5.95. The largest absolute Gasteiger partial charge is 0.398 e. The smallest absolute Gasteiger partial charge is 0.182 e. The summed E-state index contributed by atoms with van der Waals surface area (Å²) in [5.74, 6) is 0.718. The third-order valence-electron chi connectivity index (χ3n) is 3.78. The fourth-order valence-corrected chi connectivity index (χ4v) is 2.78. The Balaban J connectivity index is 1.92. The number of hydrogen-bond donors (Lipinski definition) is 1. The molecule has 2 N–H and O–H groups in total. The number of nitrogens with two attached hydrogens (primary N) is 1. The Morgan fingerprint density at radius 2 is 2.25 bits per heavy atom. The molecule has 7 heteroatoms. The van der Waals surface area contributed by atoms with E-state index in [1.54, 1.807) is 19.2 Å². The Hall–Kier alpha value is -1.66. The SMILES string of the molecule is COC1CCC(n2nnnc2-c2ccc(Cl)c(N)c2)C1. The molecule has 0 spiro atoms. The zero-order valence-corrected chi connectivity index (χ0v) is 11.9. The molecule has 1 fully saturated rings. The van der Waals surface area contributed by atoms with E-state index in [0.29, 0.717) is 10.7 Å². The lowest BCUT2D eigenvalue weighted by Gasteiger charge is -2.12. The number of nitrogen functional groups attached to an aromatic ring is 1. The summed E-state index contributed by atoms with van der Waals surface area (Å²) in [4.78, 5) is 0. The first-order valence-corrected chi connectivity index (χ1v) is 6.93. The molecule has 0 radical (unpaired) electrons. The van der Waals surface area contributed by atoms with Crippen LogP contribution in [0, 0.1) is 0 Å². The molecule has 106 valence electrons. The van der Waals surface area contributed by atoms with Crippen molar-refractivity contribution in [1.29, 1.82) is 0 Å². The third kappa shape index (κ3) is 2.36. The van der Waals surface area contributed by atoms with Gasteiger partial charge in [0.25, 0.3) is 0 Å². The number of methoxy groups -OCH3 is 1. The molecule has 1 saturated carbocycles. The first kappa shape index (κ1) is 13.3. The zero-order valence-electron chi connectivity index (χ0n) is 11.2. The standard InChI is InChI=1S/C13H16ClN5O/c1-20-10-4-3-9(7-10)19-13(16-17-18-19)8-2-5-11(14)12(15)6-8/h2,5-6,9-10H,3-4,7,15H2,1H3. The average molecular weight is 294 g/mol. The van der Waals surface area contributed by atoms with Gasteiger partial charge in [0.15, 0.2) is 5.82 Å². The summed E-state index contributed by atoms with van der Waals surface area (Å²) in [5, 5.41) is 12.6.